The van der Waals surface area contributed by atoms with Gasteiger partial charge >= 0.3 is 0 Å². The van der Waals surface area contributed by atoms with E-state index in [9.17, 15) is 4.79 Å². The Kier molecular flexibility index (Phi) is 7.33. The van der Waals surface area contributed by atoms with E-state index in [2.05, 4.69) is 15.5 Å². The van der Waals surface area contributed by atoms with Gasteiger partial charge in [-0.1, -0.05) is 0 Å². The number of rotatable bonds is 0. The number of hydrogen-bond acceptors (Lipinski definition) is 6. The van der Waals surface area contributed by atoms with Crippen LogP contribution in [0, 0.1) is 0 Å². The van der Waals surface area contributed by atoms with Gasteiger partial charge in [-0.2, -0.15) is 0 Å². The molecule has 0 aromatic heterocycles. The van der Waals surface area contributed by atoms with Gasteiger partial charge in [-0.25, -0.2) is 0 Å². The van der Waals surface area contributed by atoms with Crippen molar-refractivity contribution in [1.82, 2.24) is 20.4 Å². The molecule has 128 valence electrons. The summed E-state index contributed by atoms with van der Waals surface area (Å²) >= 11 is 0. The van der Waals surface area contributed by atoms with Crippen LogP contribution in [0.3, 0.4) is 0 Å². The topological polar surface area (TPSA) is 66.1 Å². The number of nitrogens with one attached hydrogen (secondary N) is 2. The Morgan fingerprint density at radius 3 is 2.45 bits per heavy atom. The first-order chi connectivity index (χ1) is 10.3. The third-order valence-corrected chi connectivity index (χ3v) is 4.51. The molecule has 22 heavy (non-hydrogen) atoms. The molecule has 7 nitrogen and oxygen atoms in total. The zero-order valence-corrected chi connectivity index (χ0v) is 13.8. The van der Waals surface area contributed by atoms with E-state index in [4.69, 9.17) is 9.47 Å². The second-order valence-electron chi connectivity index (χ2n) is 5.93. The fourth-order valence-corrected chi connectivity index (χ4v) is 3.27. The van der Waals surface area contributed by atoms with Crippen LogP contribution in [-0.2, 0) is 14.3 Å². The molecule has 1 amide bonds. The summed E-state index contributed by atoms with van der Waals surface area (Å²) in [5, 5.41) is 6.59. The number of nitrogens with zero attached hydrogens (tertiary/aromatic N) is 2. The van der Waals surface area contributed by atoms with Gasteiger partial charge in [0.05, 0.1) is 25.9 Å². The number of piperazine rings is 2. The van der Waals surface area contributed by atoms with Gasteiger partial charge in [-0.15, -0.1) is 12.4 Å². The van der Waals surface area contributed by atoms with Crippen LogP contribution in [0.1, 0.15) is 0 Å². The zero-order chi connectivity index (χ0) is 14.5. The summed E-state index contributed by atoms with van der Waals surface area (Å²) in [5.74, 6) is 0.141. The van der Waals surface area contributed by atoms with Crippen LogP contribution < -0.4 is 10.6 Å². The highest BCUT2D eigenvalue weighted by Gasteiger charge is 2.30. The Balaban J connectivity index is 0.000000154. The van der Waals surface area contributed by atoms with Crippen molar-refractivity contribution in [2.45, 2.75) is 12.1 Å². The molecule has 0 aromatic rings. The second-order valence-corrected chi connectivity index (χ2v) is 5.93. The standard InChI is InChI=1S/C7H12N2O2.C7H14N2O.ClH/c10-7-5-11-4-6-3-8-1-2-9(6)7;1-2-9-3-4-10-6-7(9)5-8-1;/h6,8H,1-5H2;7-8H,1-6H2;1H/t6-;7-;/m11./s1. The summed E-state index contributed by atoms with van der Waals surface area (Å²) in [5.41, 5.74) is 0. The summed E-state index contributed by atoms with van der Waals surface area (Å²) in [7, 11) is 0. The first kappa shape index (κ1) is 17.9. The SMILES string of the molecule is C1CN2CCOC[C@H]2CN1.Cl.O=C1COC[C@H]2CNCCN12. The Labute approximate surface area is 138 Å². The Bertz CT molecular complexity index is 333. The normalized spacial score (nSPS) is 32.0. The lowest BCUT2D eigenvalue weighted by molar-refractivity contribution is -0.149. The number of amides is 1. The number of halogens is 1. The highest BCUT2D eigenvalue weighted by atomic mass is 35.5. The van der Waals surface area contributed by atoms with E-state index in [1.54, 1.807) is 0 Å². The minimum atomic E-state index is 0. The van der Waals surface area contributed by atoms with Crippen molar-refractivity contribution >= 4 is 18.3 Å². The summed E-state index contributed by atoms with van der Waals surface area (Å²) in [6.07, 6.45) is 0. The number of carbonyl (C=O) groups is 1. The van der Waals surface area contributed by atoms with Gasteiger partial charge in [0.15, 0.2) is 0 Å². The molecule has 0 aromatic carbocycles. The van der Waals surface area contributed by atoms with Gasteiger partial charge < -0.3 is 25.0 Å². The molecule has 0 radical (unpaired) electrons. The molecule has 0 saturated carbocycles. The lowest BCUT2D eigenvalue weighted by Gasteiger charge is -2.39. The summed E-state index contributed by atoms with van der Waals surface area (Å²) < 4.78 is 10.5. The highest BCUT2D eigenvalue weighted by molar-refractivity contribution is 5.85. The number of carbonyl (C=O) groups excluding carboxylic acids is 1. The van der Waals surface area contributed by atoms with Crippen molar-refractivity contribution in [1.29, 1.82) is 0 Å². The maximum Gasteiger partial charge on any atom is 0.248 e. The van der Waals surface area contributed by atoms with E-state index < -0.39 is 0 Å². The van der Waals surface area contributed by atoms with Crippen LogP contribution in [0.15, 0.2) is 0 Å². The monoisotopic (exact) mass is 334 g/mol. The van der Waals surface area contributed by atoms with Gasteiger partial charge in [0.1, 0.15) is 6.61 Å². The molecule has 4 fully saturated rings. The van der Waals surface area contributed by atoms with Gasteiger partial charge in [-0.3, -0.25) is 9.69 Å². The molecule has 4 heterocycles. The highest BCUT2D eigenvalue weighted by Crippen LogP contribution is 2.09. The third kappa shape index (κ3) is 4.53. The van der Waals surface area contributed by atoms with E-state index in [1.807, 2.05) is 4.90 Å². The smallest absolute Gasteiger partial charge is 0.248 e. The maximum absolute atomic E-state index is 11.2. The largest absolute Gasteiger partial charge is 0.378 e. The first-order valence-corrected chi connectivity index (χ1v) is 7.95. The van der Waals surface area contributed by atoms with Crippen LogP contribution in [0.2, 0.25) is 0 Å². The predicted octanol–water partition coefficient (Wildman–Crippen LogP) is -1.47. The van der Waals surface area contributed by atoms with Crippen LogP contribution >= 0.6 is 12.4 Å². The molecule has 8 heteroatoms. The van der Waals surface area contributed by atoms with Gasteiger partial charge in [0, 0.05) is 51.9 Å². The van der Waals surface area contributed by atoms with Crippen LogP contribution in [0.5, 0.6) is 0 Å². The number of morpholine rings is 2. The van der Waals surface area contributed by atoms with Gasteiger partial charge in [0.2, 0.25) is 5.91 Å². The lowest BCUT2D eigenvalue weighted by atomic mass is 10.2. The molecule has 0 spiro atoms. The number of ether oxygens (including phenoxy) is 2. The molecule has 4 saturated heterocycles. The fraction of sp³-hybridized carbons (Fsp3) is 0.929. The summed E-state index contributed by atoms with van der Waals surface area (Å²) in [6.45, 7) is 10.1. The van der Waals surface area contributed by atoms with Gasteiger partial charge in [-0.05, 0) is 0 Å². The molecule has 2 atom stereocenters. The van der Waals surface area contributed by atoms with E-state index >= 15 is 0 Å². The molecule has 0 bridgehead atoms. The summed E-state index contributed by atoms with van der Waals surface area (Å²) in [4.78, 5) is 15.6. The maximum atomic E-state index is 11.2. The van der Waals surface area contributed by atoms with E-state index in [1.165, 1.54) is 6.54 Å². The quantitative estimate of drug-likeness (QED) is 0.564. The Hall–Kier alpha value is -0.440. The molecule has 4 aliphatic heterocycles. The van der Waals surface area contributed by atoms with Crippen LogP contribution in [-0.4, -0.2) is 100 Å². The minimum Gasteiger partial charge on any atom is -0.378 e. The zero-order valence-electron chi connectivity index (χ0n) is 13.0. The van der Waals surface area contributed by atoms with Crippen LogP contribution in [0.25, 0.3) is 0 Å². The fourth-order valence-electron chi connectivity index (χ4n) is 3.27. The minimum absolute atomic E-state index is 0. The number of fused-ring (bicyclic) bond motifs is 2. The molecule has 4 rings (SSSR count). The van der Waals surface area contributed by atoms with Crippen molar-refractivity contribution in [2.75, 3.05) is 72.2 Å². The van der Waals surface area contributed by atoms with Crippen molar-refractivity contribution in [3.05, 3.63) is 0 Å². The molecule has 4 aliphatic rings. The van der Waals surface area contributed by atoms with Crippen molar-refractivity contribution in [2.24, 2.45) is 0 Å². The third-order valence-electron chi connectivity index (χ3n) is 4.51. The lowest BCUT2D eigenvalue weighted by Crippen LogP contribution is -2.59. The molecule has 0 aliphatic carbocycles. The van der Waals surface area contributed by atoms with E-state index in [-0.39, 0.29) is 31.0 Å². The predicted molar refractivity (Wildman–Crippen MR) is 85.5 cm³/mol. The molecular formula is C14H27ClN4O3. The molecular weight excluding hydrogens is 308 g/mol. The molecule has 2 N–H and O–H groups in total. The second kappa shape index (κ2) is 9.00. The average Bonchev–Trinajstić information content (AvgIpc) is 2.56. The summed E-state index contributed by atoms with van der Waals surface area (Å²) in [6, 6.07) is 0.937. The van der Waals surface area contributed by atoms with Crippen molar-refractivity contribution in [3.63, 3.8) is 0 Å². The van der Waals surface area contributed by atoms with E-state index in [0.29, 0.717) is 12.6 Å². The number of hydrogen-bond donors (Lipinski definition) is 2. The van der Waals surface area contributed by atoms with Crippen LogP contribution in [0.4, 0.5) is 0 Å². The Morgan fingerprint density at radius 1 is 0.955 bits per heavy atom. The Morgan fingerprint density at radius 2 is 1.68 bits per heavy atom. The van der Waals surface area contributed by atoms with E-state index in [0.717, 1.165) is 52.5 Å². The average molecular weight is 335 g/mol. The first-order valence-electron chi connectivity index (χ1n) is 7.95. The van der Waals surface area contributed by atoms with Crippen molar-refractivity contribution < 1.29 is 14.3 Å². The van der Waals surface area contributed by atoms with Gasteiger partial charge in [0.25, 0.3) is 0 Å². The van der Waals surface area contributed by atoms with Crippen molar-refractivity contribution in [3.8, 4) is 0 Å². The molecule has 0 unspecified atom stereocenters.